The van der Waals surface area contributed by atoms with Gasteiger partial charge in [-0.2, -0.15) is 5.10 Å². The topological polar surface area (TPSA) is 72.9 Å². The summed E-state index contributed by atoms with van der Waals surface area (Å²) in [6, 6.07) is 5.97. The number of carbonyl (C=O) groups excluding carboxylic acids is 1. The number of aromatic nitrogens is 2. The van der Waals surface area contributed by atoms with Gasteiger partial charge in [0.25, 0.3) is 5.91 Å². The lowest BCUT2D eigenvalue weighted by molar-refractivity contribution is 0.100. The van der Waals surface area contributed by atoms with Crippen molar-refractivity contribution in [1.82, 2.24) is 15.1 Å². The first-order chi connectivity index (χ1) is 9.97. The number of rotatable bonds is 6. The van der Waals surface area contributed by atoms with E-state index in [-0.39, 0.29) is 0 Å². The molecule has 1 amide bonds. The number of hydrogen-bond donors (Lipinski definition) is 2. The number of primary amides is 1. The minimum Gasteiger partial charge on any atom is -0.366 e. The van der Waals surface area contributed by atoms with Crippen molar-refractivity contribution in [3.63, 3.8) is 0 Å². The second-order valence-corrected chi connectivity index (χ2v) is 6.25. The Hall–Kier alpha value is -1.66. The third kappa shape index (κ3) is 4.15. The number of nitrogens with two attached hydrogens (primary N) is 1. The maximum Gasteiger partial charge on any atom is 0.251 e. The monoisotopic (exact) mass is 350 g/mol. The maximum atomic E-state index is 11.2. The summed E-state index contributed by atoms with van der Waals surface area (Å²) in [5.41, 5.74) is 7.70. The van der Waals surface area contributed by atoms with Gasteiger partial charge in [-0.1, -0.05) is 29.8 Å². The summed E-state index contributed by atoms with van der Waals surface area (Å²) in [4.78, 5) is 11.2. The summed E-state index contributed by atoms with van der Waals surface area (Å²) in [6.45, 7) is 6.01. The molecular formula is C15H19BrN4O. The van der Waals surface area contributed by atoms with Crippen molar-refractivity contribution in [3.05, 3.63) is 46.2 Å². The number of hydrogen-bond acceptors (Lipinski definition) is 3. The van der Waals surface area contributed by atoms with Gasteiger partial charge < -0.3 is 11.1 Å². The Balaban J connectivity index is 2.26. The fraction of sp³-hybridized carbons (Fsp3) is 0.333. The molecular weight excluding hydrogens is 332 g/mol. The van der Waals surface area contributed by atoms with E-state index >= 15 is 0 Å². The van der Waals surface area contributed by atoms with Crippen LogP contribution >= 0.6 is 15.9 Å². The van der Waals surface area contributed by atoms with Gasteiger partial charge >= 0.3 is 0 Å². The standard InChI is InChI=1S/C15H19BrN4O/c1-10(2)6-18-7-11-5-13(16)3-4-14(11)20-9-12(8-19-20)15(17)21/h3-5,8-10,18H,6-7H2,1-2H3,(H2,17,21). The van der Waals surface area contributed by atoms with E-state index in [1.165, 1.54) is 6.20 Å². The van der Waals surface area contributed by atoms with E-state index < -0.39 is 5.91 Å². The second-order valence-electron chi connectivity index (χ2n) is 5.34. The van der Waals surface area contributed by atoms with Crippen LogP contribution < -0.4 is 11.1 Å². The summed E-state index contributed by atoms with van der Waals surface area (Å²) in [7, 11) is 0. The van der Waals surface area contributed by atoms with E-state index in [0.717, 1.165) is 28.8 Å². The largest absolute Gasteiger partial charge is 0.366 e. The number of benzene rings is 1. The van der Waals surface area contributed by atoms with E-state index in [0.29, 0.717) is 11.5 Å². The Kier molecular flexibility index (Phi) is 5.14. The molecule has 0 aliphatic carbocycles. The van der Waals surface area contributed by atoms with Crippen LogP contribution in [0.5, 0.6) is 0 Å². The molecule has 0 fully saturated rings. The molecule has 2 rings (SSSR count). The van der Waals surface area contributed by atoms with Crippen LogP contribution in [0.25, 0.3) is 5.69 Å². The number of nitrogens with zero attached hydrogens (tertiary/aromatic N) is 2. The van der Waals surface area contributed by atoms with Crippen LogP contribution in [0.15, 0.2) is 35.1 Å². The van der Waals surface area contributed by atoms with Gasteiger partial charge in [0.1, 0.15) is 0 Å². The Labute approximate surface area is 132 Å². The van der Waals surface area contributed by atoms with E-state index in [1.54, 1.807) is 10.9 Å². The SMILES string of the molecule is CC(C)CNCc1cc(Br)ccc1-n1cc(C(N)=O)cn1. The fourth-order valence-electron chi connectivity index (χ4n) is 2.00. The zero-order valence-corrected chi connectivity index (χ0v) is 13.7. The predicted octanol–water partition coefficient (Wildman–Crippen LogP) is 2.48. The molecule has 1 heterocycles. The smallest absolute Gasteiger partial charge is 0.251 e. The molecule has 2 aromatic rings. The highest BCUT2D eigenvalue weighted by molar-refractivity contribution is 9.10. The highest BCUT2D eigenvalue weighted by Gasteiger charge is 2.10. The Morgan fingerprint density at radius 3 is 2.86 bits per heavy atom. The summed E-state index contributed by atoms with van der Waals surface area (Å²) in [5.74, 6) is 0.115. The molecule has 0 radical (unpaired) electrons. The van der Waals surface area contributed by atoms with Crippen LogP contribution in [0.4, 0.5) is 0 Å². The van der Waals surface area contributed by atoms with Gasteiger partial charge in [0, 0.05) is 17.2 Å². The van der Waals surface area contributed by atoms with Crippen molar-refractivity contribution in [2.24, 2.45) is 11.7 Å². The van der Waals surface area contributed by atoms with Crippen molar-refractivity contribution in [2.45, 2.75) is 20.4 Å². The van der Waals surface area contributed by atoms with E-state index in [1.807, 2.05) is 18.2 Å². The summed E-state index contributed by atoms with van der Waals surface area (Å²) in [5, 5.41) is 7.63. The van der Waals surface area contributed by atoms with Crippen LogP contribution in [-0.4, -0.2) is 22.2 Å². The van der Waals surface area contributed by atoms with E-state index in [2.05, 4.69) is 40.2 Å². The van der Waals surface area contributed by atoms with Crippen molar-refractivity contribution >= 4 is 21.8 Å². The molecule has 6 heteroatoms. The minimum absolute atomic E-state index is 0.402. The molecule has 1 aromatic carbocycles. The van der Waals surface area contributed by atoms with Gasteiger partial charge in [0.05, 0.1) is 17.4 Å². The summed E-state index contributed by atoms with van der Waals surface area (Å²) in [6.07, 6.45) is 3.13. The molecule has 0 saturated carbocycles. The molecule has 5 nitrogen and oxygen atoms in total. The lowest BCUT2D eigenvalue weighted by atomic mass is 10.1. The van der Waals surface area contributed by atoms with Crippen molar-refractivity contribution < 1.29 is 4.79 Å². The summed E-state index contributed by atoms with van der Waals surface area (Å²) < 4.78 is 2.69. The highest BCUT2D eigenvalue weighted by Crippen LogP contribution is 2.20. The van der Waals surface area contributed by atoms with Gasteiger partial charge in [-0.3, -0.25) is 4.79 Å². The normalized spacial score (nSPS) is 11.0. The van der Waals surface area contributed by atoms with Crippen molar-refractivity contribution in [3.8, 4) is 5.69 Å². The van der Waals surface area contributed by atoms with Crippen molar-refractivity contribution in [1.29, 1.82) is 0 Å². The van der Waals surface area contributed by atoms with E-state index in [4.69, 9.17) is 5.73 Å². The van der Waals surface area contributed by atoms with Gasteiger partial charge in [-0.05, 0) is 36.2 Å². The molecule has 112 valence electrons. The van der Waals surface area contributed by atoms with E-state index in [9.17, 15) is 4.79 Å². The molecule has 0 saturated heterocycles. The van der Waals surface area contributed by atoms with Gasteiger partial charge in [-0.15, -0.1) is 0 Å². The Morgan fingerprint density at radius 1 is 1.48 bits per heavy atom. The number of nitrogens with one attached hydrogen (secondary N) is 1. The molecule has 0 aliphatic heterocycles. The quantitative estimate of drug-likeness (QED) is 0.840. The van der Waals surface area contributed by atoms with Crippen LogP contribution in [0, 0.1) is 5.92 Å². The Bertz CT molecular complexity index is 636. The molecule has 21 heavy (non-hydrogen) atoms. The molecule has 1 aromatic heterocycles. The lowest BCUT2D eigenvalue weighted by Gasteiger charge is -2.12. The van der Waals surface area contributed by atoms with Crippen LogP contribution in [0.2, 0.25) is 0 Å². The highest BCUT2D eigenvalue weighted by atomic mass is 79.9. The predicted molar refractivity (Wildman–Crippen MR) is 86.3 cm³/mol. The van der Waals surface area contributed by atoms with Crippen LogP contribution in [0.3, 0.4) is 0 Å². The Morgan fingerprint density at radius 2 is 2.24 bits per heavy atom. The van der Waals surface area contributed by atoms with Crippen LogP contribution in [0.1, 0.15) is 29.8 Å². The average molecular weight is 351 g/mol. The first-order valence-electron chi connectivity index (χ1n) is 6.81. The molecule has 0 spiro atoms. The molecule has 0 bridgehead atoms. The first-order valence-corrected chi connectivity index (χ1v) is 7.60. The lowest BCUT2D eigenvalue weighted by Crippen LogP contribution is -2.20. The minimum atomic E-state index is -0.474. The fourth-order valence-corrected chi connectivity index (χ4v) is 2.40. The van der Waals surface area contributed by atoms with Crippen LogP contribution in [-0.2, 0) is 6.54 Å². The average Bonchev–Trinajstić information content (AvgIpc) is 2.88. The van der Waals surface area contributed by atoms with Gasteiger partial charge in [-0.25, -0.2) is 4.68 Å². The molecule has 0 unspecified atom stereocenters. The number of carbonyl (C=O) groups is 1. The first kappa shape index (κ1) is 15.7. The third-order valence-electron chi connectivity index (χ3n) is 3.02. The summed E-state index contributed by atoms with van der Waals surface area (Å²) >= 11 is 3.49. The third-order valence-corrected chi connectivity index (χ3v) is 3.52. The maximum absolute atomic E-state index is 11.2. The molecule has 3 N–H and O–H groups in total. The zero-order valence-electron chi connectivity index (χ0n) is 12.1. The second kappa shape index (κ2) is 6.87. The number of amides is 1. The van der Waals surface area contributed by atoms with Gasteiger partial charge in [0.15, 0.2) is 0 Å². The van der Waals surface area contributed by atoms with Crippen molar-refractivity contribution in [2.75, 3.05) is 6.54 Å². The molecule has 0 atom stereocenters. The molecule has 0 aliphatic rings. The number of halogens is 1. The van der Waals surface area contributed by atoms with Gasteiger partial charge in [0.2, 0.25) is 0 Å². The zero-order chi connectivity index (χ0) is 15.4.